The van der Waals surface area contributed by atoms with Gasteiger partial charge in [0.2, 0.25) is 5.91 Å². The number of hydrogen-bond acceptors (Lipinski definition) is 2. The molecular weight excluding hydrogens is 190 g/mol. The van der Waals surface area contributed by atoms with Crippen molar-refractivity contribution < 1.29 is 4.79 Å². The molecule has 0 aliphatic heterocycles. The molecule has 0 unspecified atom stereocenters. The summed E-state index contributed by atoms with van der Waals surface area (Å²) in [6, 6.07) is 5.83. The van der Waals surface area contributed by atoms with Crippen LogP contribution < -0.4 is 5.73 Å². The quantitative estimate of drug-likeness (QED) is 0.788. The second-order valence-electron chi connectivity index (χ2n) is 3.22. The second kappa shape index (κ2) is 3.96. The van der Waals surface area contributed by atoms with E-state index < -0.39 is 0 Å². The number of aromatic amines is 1. The Morgan fingerprint density at radius 1 is 1.53 bits per heavy atom. The number of carbonyl (C=O) groups excluding carboxylic acids is 1. The first-order valence-corrected chi connectivity index (χ1v) is 4.64. The van der Waals surface area contributed by atoms with Gasteiger partial charge in [-0.15, -0.1) is 0 Å². The zero-order valence-electron chi connectivity index (χ0n) is 8.10. The van der Waals surface area contributed by atoms with Crippen molar-refractivity contribution >= 4 is 23.0 Å². The summed E-state index contributed by atoms with van der Waals surface area (Å²) in [5, 5.41) is 0. The van der Waals surface area contributed by atoms with E-state index in [2.05, 4.69) is 9.97 Å². The molecule has 2 aromatic rings. The molecule has 0 saturated heterocycles. The van der Waals surface area contributed by atoms with Crippen LogP contribution in [0.5, 0.6) is 0 Å². The molecular formula is C11H11N3O. The highest BCUT2D eigenvalue weighted by atomic mass is 16.1. The Morgan fingerprint density at radius 2 is 2.40 bits per heavy atom. The maximum Gasteiger partial charge on any atom is 0.221 e. The lowest BCUT2D eigenvalue weighted by Gasteiger charge is -1.94. The molecule has 1 aromatic heterocycles. The first-order chi connectivity index (χ1) is 7.27. The largest absolute Gasteiger partial charge is 0.369 e. The Balaban J connectivity index is 2.31. The molecule has 4 nitrogen and oxygen atoms in total. The normalized spacial score (nSPS) is 11.2. The molecule has 0 radical (unpaired) electrons. The van der Waals surface area contributed by atoms with Crippen molar-refractivity contribution in [3.05, 3.63) is 36.2 Å². The number of nitrogens with two attached hydrogens (primary N) is 1. The molecule has 0 aliphatic rings. The van der Waals surface area contributed by atoms with E-state index in [1.807, 2.05) is 24.3 Å². The zero-order valence-corrected chi connectivity index (χ0v) is 8.10. The highest BCUT2D eigenvalue weighted by molar-refractivity contribution is 5.85. The Hall–Kier alpha value is -2.10. The number of aromatic nitrogens is 2. The van der Waals surface area contributed by atoms with Gasteiger partial charge in [-0.1, -0.05) is 24.3 Å². The number of benzene rings is 1. The maximum absolute atomic E-state index is 10.6. The molecule has 2 rings (SSSR count). The molecule has 1 heterocycles. The van der Waals surface area contributed by atoms with Gasteiger partial charge in [-0.3, -0.25) is 4.79 Å². The van der Waals surface area contributed by atoms with Crippen molar-refractivity contribution in [2.24, 2.45) is 5.73 Å². The topological polar surface area (TPSA) is 71.8 Å². The number of hydrogen-bond donors (Lipinski definition) is 2. The summed E-state index contributed by atoms with van der Waals surface area (Å²) in [6.45, 7) is 0. The molecule has 0 bridgehead atoms. The minimum Gasteiger partial charge on any atom is -0.369 e. The number of primary amides is 1. The number of fused-ring (bicyclic) bond motifs is 1. The first-order valence-electron chi connectivity index (χ1n) is 4.64. The maximum atomic E-state index is 10.6. The van der Waals surface area contributed by atoms with E-state index in [1.54, 1.807) is 12.4 Å². The van der Waals surface area contributed by atoms with Crippen LogP contribution in [0.25, 0.3) is 17.1 Å². The van der Waals surface area contributed by atoms with Crippen LogP contribution in [0.4, 0.5) is 0 Å². The van der Waals surface area contributed by atoms with Gasteiger partial charge >= 0.3 is 0 Å². The van der Waals surface area contributed by atoms with Crippen molar-refractivity contribution in [1.29, 1.82) is 0 Å². The summed E-state index contributed by atoms with van der Waals surface area (Å²) in [5.41, 5.74) is 7.90. The lowest BCUT2D eigenvalue weighted by Crippen LogP contribution is -2.07. The van der Waals surface area contributed by atoms with Gasteiger partial charge in [0.1, 0.15) is 0 Å². The Bertz CT molecular complexity index is 513. The van der Waals surface area contributed by atoms with Crippen LogP contribution in [0.15, 0.2) is 30.6 Å². The fourth-order valence-electron chi connectivity index (χ4n) is 1.42. The van der Waals surface area contributed by atoms with Gasteiger partial charge in [-0.2, -0.15) is 0 Å². The minimum atomic E-state index is -0.333. The van der Waals surface area contributed by atoms with E-state index in [-0.39, 0.29) is 12.3 Å². The summed E-state index contributed by atoms with van der Waals surface area (Å²) in [5.74, 6) is -0.333. The van der Waals surface area contributed by atoms with Gasteiger partial charge in [-0.05, 0) is 6.07 Å². The monoisotopic (exact) mass is 201 g/mol. The molecule has 0 atom stereocenters. The highest BCUT2D eigenvalue weighted by Gasteiger charge is 1.99. The molecule has 1 amide bonds. The second-order valence-corrected chi connectivity index (χ2v) is 3.22. The summed E-state index contributed by atoms with van der Waals surface area (Å²) >= 11 is 0. The van der Waals surface area contributed by atoms with Crippen molar-refractivity contribution in [3.8, 4) is 0 Å². The molecule has 0 spiro atoms. The van der Waals surface area contributed by atoms with E-state index in [1.165, 1.54) is 0 Å². The van der Waals surface area contributed by atoms with Crippen LogP contribution in [-0.4, -0.2) is 15.9 Å². The predicted octanol–water partition coefficient (Wildman–Crippen LogP) is 1.45. The molecule has 0 saturated carbocycles. The van der Waals surface area contributed by atoms with Crippen LogP contribution in [-0.2, 0) is 4.79 Å². The average Bonchev–Trinajstić information content (AvgIpc) is 2.65. The summed E-state index contributed by atoms with van der Waals surface area (Å²) in [4.78, 5) is 17.8. The third-order valence-corrected chi connectivity index (χ3v) is 2.10. The van der Waals surface area contributed by atoms with E-state index in [4.69, 9.17) is 5.73 Å². The van der Waals surface area contributed by atoms with Crippen molar-refractivity contribution in [3.63, 3.8) is 0 Å². The van der Waals surface area contributed by atoms with Crippen LogP contribution in [0.3, 0.4) is 0 Å². The van der Waals surface area contributed by atoms with Gasteiger partial charge in [0.15, 0.2) is 0 Å². The van der Waals surface area contributed by atoms with E-state index in [9.17, 15) is 4.79 Å². The number of rotatable bonds is 3. The molecule has 15 heavy (non-hydrogen) atoms. The van der Waals surface area contributed by atoms with E-state index in [0.29, 0.717) is 0 Å². The fourth-order valence-corrected chi connectivity index (χ4v) is 1.42. The number of H-pyrrole nitrogens is 1. The van der Waals surface area contributed by atoms with Crippen LogP contribution in [0.1, 0.15) is 12.0 Å². The third-order valence-electron chi connectivity index (χ3n) is 2.10. The number of para-hydroxylation sites is 1. The number of nitrogens with one attached hydrogen (secondary N) is 1. The van der Waals surface area contributed by atoms with Crippen LogP contribution >= 0.6 is 0 Å². The van der Waals surface area contributed by atoms with Crippen molar-refractivity contribution in [2.45, 2.75) is 6.42 Å². The Morgan fingerprint density at radius 3 is 3.20 bits per heavy atom. The number of amides is 1. The van der Waals surface area contributed by atoms with Gasteiger partial charge in [0.25, 0.3) is 0 Å². The molecule has 76 valence electrons. The first kappa shape index (κ1) is 9.45. The lowest BCUT2D eigenvalue weighted by molar-refractivity contribution is -0.117. The molecule has 0 aliphatic carbocycles. The highest BCUT2D eigenvalue weighted by Crippen LogP contribution is 2.15. The van der Waals surface area contributed by atoms with Crippen molar-refractivity contribution in [2.75, 3.05) is 0 Å². The molecule has 0 fully saturated rings. The van der Waals surface area contributed by atoms with E-state index >= 15 is 0 Å². The smallest absolute Gasteiger partial charge is 0.221 e. The third kappa shape index (κ3) is 2.04. The number of nitrogens with zero attached hydrogens (tertiary/aromatic N) is 1. The number of carbonyl (C=O) groups is 1. The Kier molecular flexibility index (Phi) is 2.49. The van der Waals surface area contributed by atoms with E-state index in [0.717, 1.165) is 16.6 Å². The van der Waals surface area contributed by atoms with Gasteiger partial charge < -0.3 is 10.7 Å². The summed E-state index contributed by atoms with van der Waals surface area (Å²) in [6.07, 6.45) is 5.50. The van der Waals surface area contributed by atoms with Gasteiger partial charge in [0.05, 0.1) is 17.4 Å². The standard InChI is InChI=1S/C11H11N3O/c12-10(15)6-2-4-8-3-1-5-9-11(8)14-7-13-9/h1-5,7H,6H2,(H2,12,15)(H,13,14). The molecule has 1 aromatic carbocycles. The fraction of sp³-hybridized carbons (Fsp3) is 0.0909. The Labute approximate surface area is 86.8 Å². The summed E-state index contributed by atoms with van der Waals surface area (Å²) < 4.78 is 0. The lowest BCUT2D eigenvalue weighted by atomic mass is 10.1. The van der Waals surface area contributed by atoms with Gasteiger partial charge in [-0.25, -0.2) is 4.98 Å². The van der Waals surface area contributed by atoms with Crippen LogP contribution in [0.2, 0.25) is 0 Å². The summed E-state index contributed by atoms with van der Waals surface area (Å²) in [7, 11) is 0. The van der Waals surface area contributed by atoms with Gasteiger partial charge in [0, 0.05) is 12.0 Å². The zero-order chi connectivity index (χ0) is 10.7. The van der Waals surface area contributed by atoms with Crippen LogP contribution in [0, 0.1) is 0 Å². The van der Waals surface area contributed by atoms with Crippen molar-refractivity contribution in [1.82, 2.24) is 9.97 Å². The molecule has 4 heteroatoms. The molecule has 3 N–H and O–H groups in total. The SMILES string of the molecule is NC(=O)CC=Cc1cccc2[nH]cnc12. The number of imidazole rings is 1. The average molecular weight is 201 g/mol. The minimum absolute atomic E-state index is 0.251. The predicted molar refractivity (Wildman–Crippen MR) is 58.9 cm³/mol.